The molecule has 1 unspecified atom stereocenters. The molecule has 2 aromatic rings. The van der Waals surface area contributed by atoms with E-state index in [0.29, 0.717) is 0 Å². The van der Waals surface area contributed by atoms with Crippen LogP contribution in [-0.4, -0.2) is 19.1 Å². The van der Waals surface area contributed by atoms with Gasteiger partial charge < -0.3 is 4.55 Å². The average molecular weight is 202 g/mol. The van der Waals surface area contributed by atoms with E-state index in [1.54, 1.807) is 0 Å². The van der Waals surface area contributed by atoms with Crippen LogP contribution in [0.25, 0.3) is 11.0 Å². The average Bonchev–Trinajstić information content (AvgIpc) is 2.53. The minimum absolute atomic E-state index is 0.0161. The molecule has 1 N–H and O–H groups in total. The van der Waals surface area contributed by atoms with Gasteiger partial charge in [0.1, 0.15) is 0 Å². The highest BCUT2D eigenvalue weighted by atomic mass is 32.2. The van der Waals surface area contributed by atoms with E-state index >= 15 is 0 Å². The Balaban J connectivity index is 2.86. The van der Waals surface area contributed by atoms with Crippen LogP contribution >= 0.6 is 0 Å². The minimum Gasteiger partial charge on any atom is -0.302 e. The van der Waals surface area contributed by atoms with Crippen molar-refractivity contribution < 1.29 is 17.8 Å². The van der Waals surface area contributed by atoms with E-state index in [9.17, 15) is 8.60 Å². The van der Waals surface area contributed by atoms with Crippen LogP contribution < -0.4 is 0 Å². The summed E-state index contributed by atoms with van der Waals surface area (Å²) in [6.45, 7) is 0. The van der Waals surface area contributed by atoms with Crippen molar-refractivity contribution in [3.63, 3.8) is 0 Å². The number of aromatic nitrogens is 2. The van der Waals surface area contributed by atoms with Crippen LogP contribution in [0, 0.1) is 5.82 Å². The lowest BCUT2D eigenvalue weighted by molar-refractivity contribution is 0.314. The summed E-state index contributed by atoms with van der Waals surface area (Å²) in [6, 6.07) is 2.20. The van der Waals surface area contributed by atoms with Gasteiger partial charge in [-0.3, -0.25) is 0 Å². The molecule has 1 aromatic carbocycles. The second-order valence-electron chi connectivity index (χ2n) is 2.26. The summed E-state index contributed by atoms with van der Waals surface area (Å²) in [5.74, 6) is -0.634. The van der Waals surface area contributed by atoms with Crippen LogP contribution in [-0.2, 0) is 11.1 Å². The van der Waals surface area contributed by atoms with E-state index < -0.39 is 16.9 Å². The normalized spacial score (nSPS) is 13.4. The predicted molar refractivity (Wildman–Crippen MR) is 40.8 cm³/mol. The van der Waals surface area contributed by atoms with E-state index in [1.807, 2.05) is 0 Å². The zero-order chi connectivity index (χ0) is 9.42. The van der Waals surface area contributed by atoms with Gasteiger partial charge in [-0.15, -0.1) is 0 Å². The molecule has 0 radical (unpaired) electrons. The molecule has 0 saturated carbocycles. The first-order valence-electron chi connectivity index (χ1n) is 3.22. The van der Waals surface area contributed by atoms with Gasteiger partial charge in [-0.05, 0) is 22.4 Å². The molecule has 0 fully saturated rings. The number of hydrogen-bond donors (Lipinski definition) is 1. The Bertz CT molecular complexity index is 484. The fourth-order valence-corrected chi connectivity index (χ4v) is 1.44. The quantitative estimate of drug-likeness (QED) is 0.696. The molecule has 68 valence electrons. The third kappa shape index (κ3) is 1.21. The van der Waals surface area contributed by atoms with E-state index in [1.165, 1.54) is 0 Å². The Morgan fingerprint density at radius 3 is 2.77 bits per heavy atom. The van der Waals surface area contributed by atoms with Crippen LogP contribution in [0.15, 0.2) is 21.7 Å². The Kier molecular flexibility index (Phi) is 1.82. The lowest BCUT2D eigenvalue weighted by atomic mass is 10.3. The third-order valence-corrected chi connectivity index (χ3v) is 2.22. The van der Waals surface area contributed by atoms with Crippen molar-refractivity contribution in [1.29, 1.82) is 0 Å². The van der Waals surface area contributed by atoms with Crippen molar-refractivity contribution in [3.05, 3.63) is 17.9 Å². The maximum atomic E-state index is 12.9. The molecule has 1 aromatic heterocycles. The second-order valence-corrected chi connectivity index (χ2v) is 3.19. The number of fused-ring (bicyclic) bond motifs is 1. The van der Waals surface area contributed by atoms with Crippen molar-refractivity contribution in [2.75, 3.05) is 0 Å². The van der Waals surface area contributed by atoms with Crippen LogP contribution in [0.4, 0.5) is 4.39 Å². The number of halogens is 1. The van der Waals surface area contributed by atoms with Crippen molar-refractivity contribution in [2.45, 2.75) is 4.90 Å². The number of hydrogen-bond acceptors (Lipinski definition) is 4. The van der Waals surface area contributed by atoms with Gasteiger partial charge in [0.2, 0.25) is 0 Å². The van der Waals surface area contributed by atoms with E-state index in [2.05, 4.69) is 14.9 Å². The third-order valence-electron chi connectivity index (χ3n) is 1.52. The molecule has 1 atom stereocenters. The molecule has 0 aliphatic heterocycles. The highest BCUT2D eigenvalue weighted by molar-refractivity contribution is 7.79. The minimum atomic E-state index is -2.22. The van der Waals surface area contributed by atoms with Crippen molar-refractivity contribution in [1.82, 2.24) is 10.3 Å². The first kappa shape index (κ1) is 8.27. The topological polar surface area (TPSA) is 76.2 Å². The molecular formula is C6H3FN2O3S. The van der Waals surface area contributed by atoms with E-state index in [-0.39, 0.29) is 15.9 Å². The molecule has 0 amide bonds. The van der Waals surface area contributed by atoms with Crippen LogP contribution in [0.3, 0.4) is 0 Å². The molecule has 7 heteroatoms. The molecule has 0 spiro atoms. The molecule has 2 rings (SSSR count). The lowest BCUT2D eigenvalue weighted by Gasteiger charge is -1.93. The van der Waals surface area contributed by atoms with Gasteiger partial charge in [0, 0.05) is 0 Å². The predicted octanol–water partition coefficient (Wildman–Crippen LogP) is 0.943. The summed E-state index contributed by atoms with van der Waals surface area (Å²) in [5, 5.41) is 6.58. The van der Waals surface area contributed by atoms with Gasteiger partial charge in [0.25, 0.3) is 0 Å². The smallest absolute Gasteiger partial charge is 0.188 e. The summed E-state index contributed by atoms with van der Waals surface area (Å²) >= 11 is -2.22. The Morgan fingerprint density at radius 1 is 1.38 bits per heavy atom. The highest BCUT2D eigenvalue weighted by Gasteiger charge is 2.14. The summed E-state index contributed by atoms with van der Waals surface area (Å²) in [5.41, 5.74) is -0.166. The zero-order valence-corrected chi connectivity index (χ0v) is 6.92. The monoisotopic (exact) mass is 202 g/mol. The zero-order valence-electron chi connectivity index (χ0n) is 6.10. The van der Waals surface area contributed by atoms with Crippen molar-refractivity contribution in [2.24, 2.45) is 0 Å². The standard InChI is InChI=1S/C6H3FN2O3S/c7-3-1-2-4(13(10)11)6-5(3)8-12-9-6/h1-2H,(H,10,11). The molecule has 1 heterocycles. The number of benzene rings is 1. The summed E-state index contributed by atoms with van der Waals surface area (Å²) in [7, 11) is 0. The fourth-order valence-electron chi connectivity index (χ4n) is 0.955. The number of nitrogens with zero attached hydrogens (tertiary/aromatic N) is 2. The van der Waals surface area contributed by atoms with Gasteiger partial charge in [-0.1, -0.05) is 0 Å². The summed E-state index contributed by atoms with van der Waals surface area (Å²) in [6.07, 6.45) is 0. The molecule has 0 aliphatic carbocycles. The van der Waals surface area contributed by atoms with Gasteiger partial charge >= 0.3 is 0 Å². The van der Waals surface area contributed by atoms with E-state index in [4.69, 9.17) is 4.55 Å². The molecule has 0 saturated heterocycles. The Morgan fingerprint density at radius 2 is 2.08 bits per heavy atom. The fraction of sp³-hybridized carbons (Fsp3) is 0. The molecule has 5 nitrogen and oxygen atoms in total. The van der Waals surface area contributed by atoms with E-state index in [0.717, 1.165) is 12.1 Å². The maximum Gasteiger partial charge on any atom is 0.188 e. The summed E-state index contributed by atoms with van der Waals surface area (Å²) in [4.78, 5) is -0.0161. The molecule has 0 bridgehead atoms. The van der Waals surface area contributed by atoms with Gasteiger partial charge in [0.15, 0.2) is 27.9 Å². The Labute approximate surface area is 73.8 Å². The molecule has 0 aliphatic rings. The van der Waals surface area contributed by atoms with Crippen molar-refractivity contribution in [3.8, 4) is 0 Å². The molecule has 13 heavy (non-hydrogen) atoms. The summed E-state index contributed by atoms with van der Waals surface area (Å²) < 4.78 is 36.6. The van der Waals surface area contributed by atoms with Crippen LogP contribution in [0.1, 0.15) is 0 Å². The van der Waals surface area contributed by atoms with Crippen LogP contribution in [0.5, 0.6) is 0 Å². The number of rotatable bonds is 1. The second kappa shape index (κ2) is 2.86. The first-order valence-corrected chi connectivity index (χ1v) is 4.32. The van der Waals surface area contributed by atoms with Gasteiger partial charge in [0.05, 0.1) is 4.90 Å². The van der Waals surface area contributed by atoms with Crippen LogP contribution in [0.2, 0.25) is 0 Å². The van der Waals surface area contributed by atoms with Crippen molar-refractivity contribution >= 4 is 22.1 Å². The Hall–Kier alpha value is -1.34. The maximum absolute atomic E-state index is 12.9. The van der Waals surface area contributed by atoms with Gasteiger partial charge in [-0.2, -0.15) is 0 Å². The first-order chi connectivity index (χ1) is 6.20. The largest absolute Gasteiger partial charge is 0.302 e. The SMILES string of the molecule is O=S(O)c1ccc(F)c2nonc12. The lowest BCUT2D eigenvalue weighted by Crippen LogP contribution is -1.91. The van der Waals surface area contributed by atoms with Gasteiger partial charge in [-0.25, -0.2) is 13.2 Å². The molecular weight excluding hydrogens is 199 g/mol. The highest BCUT2D eigenvalue weighted by Crippen LogP contribution is 2.20.